The van der Waals surface area contributed by atoms with Crippen molar-refractivity contribution >= 4 is 12.0 Å². The molecule has 2 amide bonds. The Balaban J connectivity index is 1.86. The molecule has 0 radical (unpaired) electrons. The van der Waals surface area contributed by atoms with E-state index in [0.717, 1.165) is 10.5 Å². The normalized spacial score (nSPS) is 19.2. The van der Waals surface area contributed by atoms with Gasteiger partial charge in [0, 0.05) is 0 Å². The van der Waals surface area contributed by atoms with E-state index in [2.05, 4.69) is 0 Å². The SMILES string of the molecule is N[C@H](C(=O)N1C(=O)OCC1Cc1ccccc1)[C@@H](c1ccccc1)C(F)(F)F. The van der Waals surface area contributed by atoms with Gasteiger partial charge in [-0.15, -0.1) is 0 Å². The molecule has 3 rings (SSSR count). The van der Waals surface area contributed by atoms with Crippen molar-refractivity contribution in [1.82, 2.24) is 4.90 Å². The molecule has 1 aliphatic rings. The van der Waals surface area contributed by atoms with Gasteiger partial charge in [-0.05, 0) is 17.5 Å². The first-order valence-electron chi connectivity index (χ1n) is 8.70. The Labute approximate surface area is 159 Å². The van der Waals surface area contributed by atoms with Crippen LogP contribution in [0.15, 0.2) is 60.7 Å². The number of nitrogens with two attached hydrogens (primary N) is 1. The van der Waals surface area contributed by atoms with Gasteiger partial charge in [0.25, 0.3) is 0 Å². The number of hydrogen-bond donors (Lipinski definition) is 1. The highest BCUT2D eigenvalue weighted by Crippen LogP contribution is 2.37. The zero-order chi connectivity index (χ0) is 20.3. The highest BCUT2D eigenvalue weighted by atomic mass is 19.4. The summed E-state index contributed by atoms with van der Waals surface area (Å²) in [6.45, 7) is -0.0891. The number of carbonyl (C=O) groups is 2. The minimum atomic E-state index is -4.75. The average molecular weight is 392 g/mol. The maximum Gasteiger partial charge on any atom is 0.417 e. The van der Waals surface area contributed by atoms with Crippen molar-refractivity contribution in [3.05, 3.63) is 71.8 Å². The molecule has 1 fully saturated rings. The van der Waals surface area contributed by atoms with Crippen molar-refractivity contribution in [2.75, 3.05) is 6.61 Å². The number of rotatable bonds is 5. The zero-order valence-corrected chi connectivity index (χ0v) is 14.8. The Kier molecular flexibility index (Phi) is 5.69. The van der Waals surface area contributed by atoms with Gasteiger partial charge in [0.15, 0.2) is 0 Å². The van der Waals surface area contributed by atoms with E-state index < -0.39 is 36.2 Å². The number of amides is 2. The van der Waals surface area contributed by atoms with Gasteiger partial charge in [0.1, 0.15) is 18.6 Å². The van der Waals surface area contributed by atoms with Crippen molar-refractivity contribution in [3.63, 3.8) is 0 Å². The highest BCUT2D eigenvalue weighted by Gasteiger charge is 2.50. The Hall–Kier alpha value is -2.87. The van der Waals surface area contributed by atoms with Crippen molar-refractivity contribution in [2.45, 2.75) is 30.6 Å². The zero-order valence-electron chi connectivity index (χ0n) is 14.8. The van der Waals surface area contributed by atoms with Gasteiger partial charge in [0.05, 0.1) is 6.04 Å². The van der Waals surface area contributed by atoms with Gasteiger partial charge in [-0.25, -0.2) is 9.69 Å². The van der Waals surface area contributed by atoms with Crippen LogP contribution in [0.25, 0.3) is 0 Å². The van der Waals surface area contributed by atoms with Gasteiger partial charge in [-0.1, -0.05) is 60.7 Å². The fraction of sp³-hybridized carbons (Fsp3) is 0.300. The van der Waals surface area contributed by atoms with E-state index in [4.69, 9.17) is 10.5 Å². The summed E-state index contributed by atoms with van der Waals surface area (Å²) in [5, 5.41) is 0. The van der Waals surface area contributed by atoms with E-state index >= 15 is 0 Å². The fourth-order valence-corrected chi connectivity index (χ4v) is 3.33. The molecule has 8 heteroatoms. The Morgan fingerprint density at radius 3 is 2.25 bits per heavy atom. The first-order chi connectivity index (χ1) is 13.3. The third-order valence-electron chi connectivity index (χ3n) is 4.67. The first kappa shape index (κ1) is 19.9. The average Bonchev–Trinajstić information content (AvgIpc) is 3.02. The van der Waals surface area contributed by atoms with Crippen LogP contribution in [0.5, 0.6) is 0 Å². The molecule has 28 heavy (non-hydrogen) atoms. The van der Waals surface area contributed by atoms with Crippen LogP contribution >= 0.6 is 0 Å². The summed E-state index contributed by atoms with van der Waals surface area (Å²) in [6.07, 6.45) is -5.46. The summed E-state index contributed by atoms with van der Waals surface area (Å²) in [6, 6.07) is 13.3. The van der Waals surface area contributed by atoms with E-state index in [1.807, 2.05) is 6.07 Å². The van der Waals surface area contributed by atoms with E-state index in [9.17, 15) is 22.8 Å². The summed E-state index contributed by atoms with van der Waals surface area (Å²) in [5.74, 6) is -3.33. The number of imide groups is 1. The van der Waals surface area contributed by atoms with E-state index in [1.54, 1.807) is 30.3 Å². The maximum absolute atomic E-state index is 13.7. The molecular formula is C20H19F3N2O3. The van der Waals surface area contributed by atoms with E-state index in [0.29, 0.717) is 0 Å². The van der Waals surface area contributed by atoms with E-state index in [-0.39, 0.29) is 18.6 Å². The predicted octanol–water partition coefficient (Wildman–Crippen LogP) is 3.25. The molecule has 0 aromatic heterocycles. The molecule has 1 heterocycles. The third kappa shape index (κ3) is 4.17. The number of carbonyl (C=O) groups excluding carboxylic acids is 2. The van der Waals surface area contributed by atoms with Gasteiger partial charge >= 0.3 is 12.3 Å². The van der Waals surface area contributed by atoms with Gasteiger partial charge in [-0.3, -0.25) is 4.79 Å². The lowest BCUT2D eigenvalue weighted by Crippen LogP contribution is -2.53. The van der Waals surface area contributed by atoms with Crippen LogP contribution < -0.4 is 5.73 Å². The third-order valence-corrected chi connectivity index (χ3v) is 4.67. The number of benzene rings is 2. The van der Waals surface area contributed by atoms with Crippen molar-refractivity contribution < 1.29 is 27.5 Å². The van der Waals surface area contributed by atoms with Crippen LogP contribution in [0.2, 0.25) is 0 Å². The molecular weight excluding hydrogens is 373 g/mol. The number of alkyl halides is 3. The second-order valence-electron chi connectivity index (χ2n) is 6.58. The molecule has 0 saturated carbocycles. The lowest BCUT2D eigenvalue weighted by molar-refractivity contribution is -0.163. The largest absolute Gasteiger partial charge is 0.447 e. The molecule has 1 aliphatic heterocycles. The summed E-state index contributed by atoms with van der Waals surface area (Å²) < 4.78 is 46.0. The summed E-state index contributed by atoms with van der Waals surface area (Å²) >= 11 is 0. The Bertz CT molecular complexity index is 828. The van der Waals surface area contributed by atoms with Gasteiger partial charge < -0.3 is 10.5 Å². The molecule has 1 saturated heterocycles. The number of nitrogens with zero attached hydrogens (tertiary/aromatic N) is 1. The van der Waals surface area contributed by atoms with E-state index in [1.165, 1.54) is 24.3 Å². The van der Waals surface area contributed by atoms with Crippen LogP contribution in [0.1, 0.15) is 17.0 Å². The van der Waals surface area contributed by atoms with Gasteiger partial charge in [0.2, 0.25) is 5.91 Å². The van der Waals surface area contributed by atoms with Crippen molar-refractivity contribution in [1.29, 1.82) is 0 Å². The predicted molar refractivity (Wildman–Crippen MR) is 95.3 cm³/mol. The smallest absolute Gasteiger partial charge is 0.417 e. The molecule has 3 atom stereocenters. The molecule has 0 bridgehead atoms. The van der Waals surface area contributed by atoms with Crippen molar-refractivity contribution in [3.8, 4) is 0 Å². The second kappa shape index (κ2) is 8.02. The summed E-state index contributed by atoms with van der Waals surface area (Å²) in [4.78, 5) is 25.6. The summed E-state index contributed by atoms with van der Waals surface area (Å²) in [7, 11) is 0. The minimum absolute atomic E-state index is 0.0891. The monoisotopic (exact) mass is 392 g/mol. The molecule has 5 nitrogen and oxygen atoms in total. The second-order valence-corrected chi connectivity index (χ2v) is 6.58. The molecule has 1 unspecified atom stereocenters. The molecule has 2 aromatic rings. The summed E-state index contributed by atoms with van der Waals surface area (Å²) in [5.41, 5.74) is 6.45. The topological polar surface area (TPSA) is 72.6 Å². The number of cyclic esters (lactones) is 1. The van der Waals surface area contributed by atoms with Crippen molar-refractivity contribution in [2.24, 2.45) is 5.73 Å². The highest BCUT2D eigenvalue weighted by molar-refractivity contribution is 5.97. The number of hydrogen-bond acceptors (Lipinski definition) is 4. The van der Waals surface area contributed by atoms with Crippen LogP contribution in [0.3, 0.4) is 0 Å². The lowest BCUT2D eigenvalue weighted by atomic mass is 9.90. The maximum atomic E-state index is 13.7. The fourth-order valence-electron chi connectivity index (χ4n) is 3.33. The molecule has 148 valence electrons. The Morgan fingerprint density at radius 2 is 1.68 bits per heavy atom. The number of ether oxygens (including phenoxy) is 1. The number of halogens is 3. The standard InChI is InChI=1S/C20H19F3N2O3/c21-20(22,23)16(14-9-5-2-6-10-14)17(24)18(26)25-15(12-28-19(25)27)11-13-7-3-1-4-8-13/h1-10,15-17H,11-12,24H2/t15?,16-,17+/m1/s1. The van der Waals surface area contributed by atoms with Crippen LogP contribution in [0, 0.1) is 0 Å². The van der Waals surface area contributed by atoms with Crippen LogP contribution in [-0.4, -0.2) is 41.8 Å². The Morgan fingerprint density at radius 1 is 1.11 bits per heavy atom. The molecule has 2 aromatic carbocycles. The first-order valence-corrected chi connectivity index (χ1v) is 8.70. The lowest BCUT2D eigenvalue weighted by Gasteiger charge is -2.29. The quantitative estimate of drug-likeness (QED) is 0.848. The molecule has 0 spiro atoms. The van der Waals surface area contributed by atoms with Gasteiger partial charge in [-0.2, -0.15) is 13.2 Å². The van der Waals surface area contributed by atoms with Crippen LogP contribution in [0.4, 0.5) is 18.0 Å². The molecule has 0 aliphatic carbocycles. The van der Waals surface area contributed by atoms with Crippen LogP contribution in [-0.2, 0) is 16.0 Å². The minimum Gasteiger partial charge on any atom is -0.447 e. The molecule has 2 N–H and O–H groups in total.